The second kappa shape index (κ2) is 6.53. The van der Waals surface area contributed by atoms with Gasteiger partial charge in [-0.2, -0.15) is 5.10 Å². The zero-order chi connectivity index (χ0) is 15.2. The van der Waals surface area contributed by atoms with E-state index in [1.54, 1.807) is 0 Å². The zero-order valence-electron chi connectivity index (χ0n) is 10.7. The van der Waals surface area contributed by atoms with Crippen LogP contribution in [-0.2, 0) is 0 Å². The Kier molecular flexibility index (Phi) is 4.52. The van der Waals surface area contributed by atoms with Crippen LogP contribution < -0.4 is 22.2 Å². The maximum Gasteiger partial charge on any atom is 0.278 e. The lowest BCUT2D eigenvalue weighted by atomic mass is 10.3. The van der Waals surface area contributed by atoms with Crippen molar-refractivity contribution in [2.75, 3.05) is 16.9 Å². The molecule has 1 amide bonds. The SMILES string of the molecule is Nc1nc(Cl)c(C(=O)NC=NNc2ccccc2)nc1N. The van der Waals surface area contributed by atoms with E-state index in [1.165, 1.54) is 6.34 Å². The number of nitrogen functional groups attached to an aromatic ring is 2. The lowest BCUT2D eigenvalue weighted by Gasteiger charge is -2.04. The van der Waals surface area contributed by atoms with Gasteiger partial charge in [-0.1, -0.05) is 29.8 Å². The molecule has 0 unspecified atom stereocenters. The first-order valence-corrected chi connectivity index (χ1v) is 6.17. The van der Waals surface area contributed by atoms with E-state index in [4.69, 9.17) is 23.1 Å². The van der Waals surface area contributed by atoms with Crippen LogP contribution in [0.15, 0.2) is 35.4 Å². The molecular formula is C12H12ClN7O. The first-order valence-electron chi connectivity index (χ1n) is 5.80. The molecule has 0 aliphatic heterocycles. The smallest absolute Gasteiger partial charge is 0.278 e. The normalized spacial score (nSPS) is 10.5. The molecule has 0 atom stereocenters. The number of carbonyl (C=O) groups is 1. The van der Waals surface area contributed by atoms with Gasteiger partial charge in [0.15, 0.2) is 22.5 Å². The van der Waals surface area contributed by atoms with Gasteiger partial charge in [-0.3, -0.25) is 10.2 Å². The van der Waals surface area contributed by atoms with Crippen molar-refractivity contribution in [1.29, 1.82) is 0 Å². The standard InChI is InChI=1S/C12H12ClN7O/c13-9-8(18-10(14)11(15)19-9)12(21)16-6-17-20-7-4-2-1-3-5-7/h1-6,20H,(H2,14,18)(H2,15,19)(H,16,17,21). The fourth-order valence-electron chi connectivity index (χ4n) is 1.36. The van der Waals surface area contributed by atoms with Gasteiger partial charge >= 0.3 is 0 Å². The number of aromatic nitrogens is 2. The monoisotopic (exact) mass is 305 g/mol. The maximum absolute atomic E-state index is 11.8. The lowest BCUT2D eigenvalue weighted by Crippen LogP contribution is -2.24. The van der Waals surface area contributed by atoms with Crippen molar-refractivity contribution in [2.24, 2.45) is 5.10 Å². The topological polar surface area (TPSA) is 131 Å². The first kappa shape index (κ1) is 14.5. The second-order valence-corrected chi connectivity index (χ2v) is 4.20. The molecule has 2 rings (SSSR count). The Hall–Kier alpha value is -2.87. The van der Waals surface area contributed by atoms with Crippen LogP contribution in [0.2, 0.25) is 5.15 Å². The van der Waals surface area contributed by atoms with Gasteiger partial charge in [0.1, 0.15) is 6.34 Å². The third-order valence-electron chi connectivity index (χ3n) is 2.35. The van der Waals surface area contributed by atoms with Crippen molar-refractivity contribution in [3.8, 4) is 0 Å². The average molecular weight is 306 g/mol. The number of hydrogen-bond acceptors (Lipinski definition) is 7. The van der Waals surface area contributed by atoms with Gasteiger partial charge in [-0.05, 0) is 12.1 Å². The molecule has 0 spiro atoms. The van der Waals surface area contributed by atoms with E-state index >= 15 is 0 Å². The summed E-state index contributed by atoms with van der Waals surface area (Å²) in [4.78, 5) is 19.3. The Balaban J connectivity index is 1.97. The van der Waals surface area contributed by atoms with Crippen LogP contribution in [0.25, 0.3) is 0 Å². The summed E-state index contributed by atoms with van der Waals surface area (Å²) in [6.45, 7) is 0. The van der Waals surface area contributed by atoms with Gasteiger partial charge in [0.05, 0.1) is 5.69 Å². The number of halogens is 1. The highest BCUT2D eigenvalue weighted by atomic mass is 35.5. The number of nitrogens with one attached hydrogen (secondary N) is 2. The number of amides is 1. The fourth-order valence-corrected chi connectivity index (χ4v) is 1.58. The van der Waals surface area contributed by atoms with Gasteiger partial charge in [-0.15, -0.1) is 0 Å². The van der Waals surface area contributed by atoms with Gasteiger partial charge in [-0.25, -0.2) is 9.97 Å². The summed E-state index contributed by atoms with van der Waals surface area (Å²) >= 11 is 5.77. The molecule has 2 aromatic rings. The molecule has 9 heteroatoms. The molecule has 0 bridgehead atoms. The number of rotatable bonds is 4. The summed E-state index contributed by atoms with van der Waals surface area (Å²) in [5.74, 6) is -0.697. The summed E-state index contributed by atoms with van der Waals surface area (Å²) < 4.78 is 0. The van der Waals surface area contributed by atoms with E-state index < -0.39 is 5.91 Å². The van der Waals surface area contributed by atoms with Crippen LogP contribution in [0.1, 0.15) is 10.5 Å². The predicted molar refractivity (Wildman–Crippen MR) is 81.9 cm³/mol. The van der Waals surface area contributed by atoms with Crippen LogP contribution in [-0.4, -0.2) is 22.2 Å². The molecule has 1 aromatic carbocycles. The molecule has 8 nitrogen and oxygen atoms in total. The highest BCUT2D eigenvalue weighted by molar-refractivity contribution is 6.32. The third kappa shape index (κ3) is 3.80. The molecule has 0 aliphatic carbocycles. The van der Waals surface area contributed by atoms with Crippen molar-refractivity contribution in [3.05, 3.63) is 41.2 Å². The predicted octanol–water partition coefficient (Wildman–Crippen LogP) is 1.08. The summed E-state index contributed by atoms with van der Waals surface area (Å²) in [5.41, 5.74) is 14.3. The molecule has 1 aromatic heterocycles. The fraction of sp³-hybridized carbons (Fsp3) is 0. The van der Waals surface area contributed by atoms with Crippen molar-refractivity contribution in [2.45, 2.75) is 0 Å². The Morgan fingerprint density at radius 2 is 1.86 bits per heavy atom. The number of nitrogens with two attached hydrogens (primary N) is 2. The number of benzene rings is 1. The lowest BCUT2D eigenvalue weighted by molar-refractivity contribution is 0.0973. The van der Waals surface area contributed by atoms with Crippen molar-refractivity contribution in [3.63, 3.8) is 0 Å². The van der Waals surface area contributed by atoms with E-state index in [-0.39, 0.29) is 22.5 Å². The van der Waals surface area contributed by atoms with Gasteiger partial charge in [0.25, 0.3) is 5.91 Å². The molecule has 6 N–H and O–H groups in total. The maximum atomic E-state index is 11.8. The first-order chi connectivity index (χ1) is 10.1. The van der Waals surface area contributed by atoms with Crippen molar-refractivity contribution >= 4 is 41.2 Å². The van der Waals surface area contributed by atoms with Crippen LogP contribution >= 0.6 is 11.6 Å². The molecule has 0 aliphatic rings. The second-order valence-electron chi connectivity index (χ2n) is 3.84. The number of anilines is 3. The molecule has 1 heterocycles. The minimum absolute atomic E-state index is 0.0315. The van der Waals surface area contributed by atoms with Crippen LogP contribution in [0.3, 0.4) is 0 Å². The molecule has 0 saturated heterocycles. The minimum Gasteiger partial charge on any atom is -0.381 e. The number of para-hydroxylation sites is 1. The van der Waals surface area contributed by atoms with Crippen molar-refractivity contribution in [1.82, 2.24) is 15.3 Å². The zero-order valence-corrected chi connectivity index (χ0v) is 11.5. The minimum atomic E-state index is -0.599. The van der Waals surface area contributed by atoms with Gasteiger partial charge < -0.3 is 16.8 Å². The Bertz CT molecular complexity index is 675. The summed E-state index contributed by atoms with van der Waals surface area (Å²) in [6.07, 6.45) is 1.17. The quantitative estimate of drug-likeness (QED) is 0.380. The molecular weight excluding hydrogens is 294 g/mol. The summed E-state index contributed by atoms with van der Waals surface area (Å²) in [6, 6.07) is 9.22. The van der Waals surface area contributed by atoms with Crippen LogP contribution in [0.5, 0.6) is 0 Å². The third-order valence-corrected chi connectivity index (χ3v) is 2.61. The van der Waals surface area contributed by atoms with E-state index in [0.29, 0.717) is 0 Å². The number of hydrazone groups is 1. The van der Waals surface area contributed by atoms with Crippen molar-refractivity contribution < 1.29 is 4.79 Å². The van der Waals surface area contributed by atoms with Gasteiger partial charge in [0, 0.05) is 0 Å². The Morgan fingerprint density at radius 3 is 2.57 bits per heavy atom. The van der Waals surface area contributed by atoms with E-state index in [0.717, 1.165) is 5.69 Å². The molecule has 21 heavy (non-hydrogen) atoms. The molecule has 0 saturated carbocycles. The van der Waals surface area contributed by atoms with E-state index in [2.05, 4.69) is 25.8 Å². The van der Waals surface area contributed by atoms with E-state index in [9.17, 15) is 4.79 Å². The molecule has 0 fully saturated rings. The summed E-state index contributed by atoms with van der Waals surface area (Å²) in [7, 11) is 0. The Labute approximate surface area is 125 Å². The average Bonchev–Trinajstić information content (AvgIpc) is 2.48. The Morgan fingerprint density at radius 1 is 1.19 bits per heavy atom. The van der Waals surface area contributed by atoms with Gasteiger partial charge in [0.2, 0.25) is 0 Å². The van der Waals surface area contributed by atoms with Crippen LogP contribution in [0.4, 0.5) is 17.3 Å². The number of nitrogens with zero attached hydrogens (tertiary/aromatic N) is 3. The van der Waals surface area contributed by atoms with E-state index in [1.807, 2.05) is 30.3 Å². The molecule has 0 radical (unpaired) electrons. The number of hydrogen-bond donors (Lipinski definition) is 4. The molecule has 108 valence electrons. The van der Waals surface area contributed by atoms with Crippen LogP contribution in [0, 0.1) is 0 Å². The highest BCUT2D eigenvalue weighted by Gasteiger charge is 2.15. The highest BCUT2D eigenvalue weighted by Crippen LogP contribution is 2.16. The summed E-state index contributed by atoms with van der Waals surface area (Å²) in [5, 5.41) is 6.07. The number of carbonyl (C=O) groups excluding carboxylic acids is 1. The largest absolute Gasteiger partial charge is 0.381 e.